The van der Waals surface area contributed by atoms with Gasteiger partial charge in [0.25, 0.3) is 5.56 Å². The Labute approximate surface area is 122 Å². The summed E-state index contributed by atoms with van der Waals surface area (Å²) >= 11 is 1.48. The minimum Gasteiger partial charge on any atom is -0.353 e. The van der Waals surface area contributed by atoms with Gasteiger partial charge in [0.1, 0.15) is 0 Å². The van der Waals surface area contributed by atoms with E-state index in [-0.39, 0.29) is 5.56 Å². The van der Waals surface area contributed by atoms with Gasteiger partial charge in [-0.2, -0.15) is 0 Å². The minimum absolute atomic E-state index is 0.0101. The van der Waals surface area contributed by atoms with Crippen LogP contribution in [-0.4, -0.2) is 32.2 Å². The number of nitrogens with one attached hydrogen (secondary N) is 1. The zero-order valence-electron chi connectivity index (χ0n) is 11.7. The number of fused-ring (bicyclic) bond motifs is 1. The maximum absolute atomic E-state index is 12.1. The van der Waals surface area contributed by atoms with Gasteiger partial charge in [-0.25, -0.2) is 4.98 Å². The molecule has 2 aromatic rings. The van der Waals surface area contributed by atoms with E-state index in [9.17, 15) is 4.79 Å². The molecule has 106 valence electrons. The highest BCUT2D eigenvalue weighted by molar-refractivity contribution is 7.98. The second-order valence-electron chi connectivity index (χ2n) is 5.07. The van der Waals surface area contributed by atoms with E-state index in [0.717, 1.165) is 30.8 Å². The van der Waals surface area contributed by atoms with Crippen molar-refractivity contribution in [2.75, 3.05) is 12.8 Å². The van der Waals surface area contributed by atoms with Crippen LogP contribution >= 0.6 is 11.8 Å². The van der Waals surface area contributed by atoms with E-state index in [4.69, 9.17) is 0 Å². The lowest BCUT2D eigenvalue weighted by molar-refractivity contribution is 0.236. The van der Waals surface area contributed by atoms with Gasteiger partial charge in [-0.1, -0.05) is 11.8 Å². The molecule has 0 spiro atoms. The van der Waals surface area contributed by atoms with Crippen LogP contribution in [0.4, 0.5) is 0 Å². The molecule has 1 N–H and O–H groups in total. The SMILES string of the molecule is CSc1nc2c(c(=O)[nH]1)CN(Cc1cccn1C)CC2. The first-order chi connectivity index (χ1) is 9.67. The highest BCUT2D eigenvalue weighted by atomic mass is 32.2. The lowest BCUT2D eigenvalue weighted by Crippen LogP contribution is -2.35. The molecule has 0 unspecified atom stereocenters. The molecule has 1 aliphatic rings. The molecule has 0 saturated heterocycles. The molecular formula is C14H18N4OS. The van der Waals surface area contributed by atoms with Crippen LogP contribution in [-0.2, 0) is 26.6 Å². The molecule has 0 aliphatic carbocycles. The van der Waals surface area contributed by atoms with Gasteiger partial charge in [0.2, 0.25) is 0 Å². The smallest absolute Gasteiger partial charge is 0.256 e. The van der Waals surface area contributed by atoms with E-state index >= 15 is 0 Å². The maximum atomic E-state index is 12.1. The molecule has 1 aliphatic heterocycles. The Morgan fingerprint density at radius 1 is 1.50 bits per heavy atom. The number of rotatable bonds is 3. The van der Waals surface area contributed by atoms with Gasteiger partial charge in [-0.3, -0.25) is 9.69 Å². The van der Waals surface area contributed by atoms with Crippen molar-refractivity contribution >= 4 is 11.8 Å². The van der Waals surface area contributed by atoms with E-state index in [1.165, 1.54) is 17.5 Å². The Bertz CT molecular complexity index is 676. The number of H-pyrrole nitrogens is 1. The molecule has 2 aromatic heterocycles. The molecule has 0 atom stereocenters. The number of aromatic amines is 1. The van der Waals surface area contributed by atoms with Crippen LogP contribution in [0.1, 0.15) is 17.0 Å². The zero-order chi connectivity index (χ0) is 14.1. The number of nitrogens with zero attached hydrogens (tertiary/aromatic N) is 3. The Hall–Kier alpha value is -1.53. The van der Waals surface area contributed by atoms with Crippen molar-refractivity contribution < 1.29 is 0 Å². The van der Waals surface area contributed by atoms with Gasteiger partial charge in [-0.05, 0) is 18.4 Å². The average Bonchev–Trinajstić information content (AvgIpc) is 2.85. The predicted octanol–water partition coefficient (Wildman–Crippen LogP) is 1.39. The summed E-state index contributed by atoms with van der Waals surface area (Å²) in [5.74, 6) is 0. The van der Waals surface area contributed by atoms with Crippen molar-refractivity contribution in [3.05, 3.63) is 45.6 Å². The lowest BCUT2D eigenvalue weighted by atomic mass is 10.1. The quantitative estimate of drug-likeness (QED) is 0.685. The third kappa shape index (κ3) is 2.53. The Kier molecular flexibility index (Phi) is 3.67. The van der Waals surface area contributed by atoms with Gasteiger partial charge in [0.05, 0.1) is 11.3 Å². The molecule has 0 aromatic carbocycles. The van der Waals surface area contributed by atoms with Gasteiger partial charge in [-0.15, -0.1) is 0 Å². The van der Waals surface area contributed by atoms with Gasteiger partial charge in [0, 0.05) is 45.0 Å². The molecule has 0 fully saturated rings. The van der Waals surface area contributed by atoms with Crippen molar-refractivity contribution in [1.82, 2.24) is 19.4 Å². The van der Waals surface area contributed by atoms with Crippen LogP contribution in [0, 0.1) is 0 Å². The summed E-state index contributed by atoms with van der Waals surface area (Å²) in [4.78, 5) is 21.8. The van der Waals surface area contributed by atoms with Crippen molar-refractivity contribution in [3.63, 3.8) is 0 Å². The number of hydrogen-bond donors (Lipinski definition) is 1. The van der Waals surface area contributed by atoms with Crippen molar-refractivity contribution in [1.29, 1.82) is 0 Å². The van der Waals surface area contributed by atoms with Crippen LogP contribution in [0.15, 0.2) is 28.3 Å². The fraction of sp³-hybridized carbons (Fsp3) is 0.429. The molecule has 6 heteroatoms. The molecular weight excluding hydrogens is 272 g/mol. The van der Waals surface area contributed by atoms with Gasteiger partial charge >= 0.3 is 0 Å². The monoisotopic (exact) mass is 290 g/mol. The van der Waals surface area contributed by atoms with E-state index in [2.05, 4.69) is 25.5 Å². The molecule has 3 rings (SSSR count). The van der Waals surface area contributed by atoms with E-state index in [0.29, 0.717) is 11.7 Å². The first-order valence-corrected chi connectivity index (χ1v) is 7.88. The highest BCUT2D eigenvalue weighted by Crippen LogP contribution is 2.18. The normalized spacial score (nSPS) is 15.3. The first kappa shape index (κ1) is 13.5. The van der Waals surface area contributed by atoms with E-state index in [1.807, 2.05) is 25.6 Å². The van der Waals surface area contributed by atoms with Gasteiger partial charge in [0.15, 0.2) is 5.16 Å². The summed E-state index contributed by atoms with van der Waals surface area (Å²) in [6.45, 7) is 2.49. The fourth-order valence-corrected chi connectivity index (χ4v) is 2.98. The van der Waals surface area contributed by atoms with Crippen LogP contribution < -0.4 is 5.56 Å². The average molecular weight is 290 g/mol. The standard InChI is InChI=1S/C14H18N4OS/c1-17-6-3-4-10(17)8-18-7-5-12-11(9-18)13(19)16-14(15-12)20-2/h3-4,6H,5,7-9H2,1-2H3,(H,15,16,19). The number of hydrogen-bond acceptors (Lipinski definition) is 4. The predicted molar refractivity (Wildman–Crippen MR) is 79.9 cm³/mol. The Balaban J connectivity index is 1.82. The maximum Gasteiger partial charge on any atom is 0.256 e. The molecule has 0 radical (unpaired) electrons. The topological polar surface area (TPSA) is 53.9 Å². The Morgan fingerprint density at radius 3 is 3.05 bits per heavy atom. The molecule has 3 heterocycles. The van der Waals surface area contributed by atoms with Crippen LogP contribution in [0.25, 0.3) is 0 Å². The van der Waals surface area contributed by atoms with Crippen LogP contribution in [0.2, 0.25) is 0 Å². The molecule has 0 bridgehead atoms. The summed E-state index contributed by atoms with van der Waals surface area (Å²) < 4.78 is 2.12. The fourth-order valence-electron chi connectivity index (χ4n) is 2.58. The van der Waals surface area contributed by atoms with Crippen LogP contribution in [0.3, 0.4) is 0 Å². The number of aromatic nitrogens is 3. The summed E-state index contributed by atoms with van der Waals surface area (Å²) in [5, 5.41) is 0.713. The van der Waals surface area contributed by atoms with Crippen molar-refractivity contribution in [2.24, 2.45) is 7.05 Å². The first-order valence-electron chi connectivity index (χ1n) is 6.66. The van der Waals surface area contributed by atoms with Gasteiger partial charge < -0.3 is 9.55 Å². The third-order valence-corrected chi connectivity index (χ3v) is 4.34. The van der Waals surface area contributed by atoms with Crippen molar-refractivity contribution in [2.45, 2.75) is 24.7 Å². The summed E-state index contributed by atoms with van der Waals surface area (Å²) in [6, 6.07) is 4.17. The van der Waals surface area contributed by atoms with E-state index in [1.54, 1.807) is 0 Å². The second-order valence-corrected chi connectivity index (χ2v) is 5.87. The number of thioether (sulfide) groups is 1. The second kappa shape index (κ2) is 5.46. The Morgan fingerprint density at radius 2 is 2.35 bits per heavy atom. The minimum atomic E-state index is 0.0101. The highest BCUT2D eigenvalue weighted by Gasteiger charge is 2.21. The molecule has 0 saturated carbocycles. The zero-order valence-corrected chi connectivity index (χ0v) is 12.5. The molecule has 20 heavy (non-hydrogen) atoms. The summed E-state index contributed by atoms with van der Waals surface area (Å²) in [5.41, 5.74) is 3.05. The van der Waals surface area contributed by atoms with Crippen LogP contribution in [0.5, 0.6) is 0 Å². The largest absolute Gasteiger partial charge is 0.353 e. The van der Waals surface area contributed by atoms with E-state index < -0.39 is 0 Å². The number of aryl methyl sites for hydroxylation is 1. The van der Waals surface area contributed by atoms with Crippen molar-refractivity contribution in [3.8, 4) is 0 Å². The molecule has 0 amide bonds. The summed E-state index contributed by atoms with van der Waals surface area (Å²) in [7, 11) is 2.05. The molecule has 5 nitrogen and oxygen atoms in total. The third-order valence-electron chi connectivity index (χ3n) is 3.76. The summed E-state index contributed by atoms with van der Waals surface area (Å²) in [6.07, 6.45) is 4.82. The lowest BCUT2D eigenvalue weighted by Gasteiger charge is -2.27.